The summed E-state index contributed by atoms with van der Waals surface area (Å²) >= 11 is 1.84. The van der Waals surface area contributed by atoms with E-state index in [1.54, 1.807) is 0 Å². The van der Waals surface area contributed by atoms with E-state index in [0.717, 1.165) is 5.69 Å². The Morgan fingerprint density at radius 1 is 0.476 bits per heavy atom. The van der Waals surface area contributed by atoms with E-state index < -0.39 is 0 Å². The van der Waals surface area contributed by atoms with E-state index in [1.165, 1.54) is 75.7 Å². The van der Waals surface area contributed by atoms with Crippen LogP contribution in [0, 0.1) is 0 Å². The first kappa shape index (κ1) is 23.5. The number of fused-ring (bicyclic) bond motifs is 6. The minimum absolute atomic E-state index is 1.13. The van der Waals surface area contributed by atoms with Gasteiger partial charge in [-0.3, -0.25) is 4.98 Å². The molecule has 0 unspecified atom stereocenters. The highest BCUT2D eigenvalue weighted by atomic mass is 32.1. The van der Waals surface area contributed by atoms with Gasteiger partial charge < -0.3 is 4.90 Å². The van der Waals surface area contributed by atoms with Crippen LogP contribution in [0.3, 0.4) is 0 Å². The van der Waals surface area contributed by atoms with Gasteiger partial charge in [0.05, 0.1) is 16.1 Å². The first-order valence-corrected chi connectivity index (χ1v) is 15.0. The molecule has 0 N–H and O–H groups in total. The fourth-order valence-electron chi connectivity index (χ4n) is 6.63. The summed E-state index contributed by atoms with van der Waals surface area (Å²) in [5.74, 6) is 0. The lowest BCUT2D eigenvalue weighted by Crippen LogP contribution is -2.10. The normalized spacial score (nSPS) is 11.8. The van der Waals surface area contributed by atoms with E-state index in [-0.39, 0.29) is 0 Å². The topological polar surface area (TPSA) is 16.1 Å². The highest BCUT2D eigenvalue weighted by Gasteiger charge is 2.25. The molecule has 3 heteroatoms. The highest BCUT2D eigenvalue weighted by Crippen LogP contribution is 2.52. The Morgan fingerprint density at radius 3 is 2.00 bits per heavy atom. The lowest BCUT2D eigenvalue weighted by atomic mass is 9.99. The van der Waals surface area contributed by atoms with Gasteiger partial charge in [0.15, 0.2) is 0 Å². The molecule has 2 nitrogen and oxygen atoms in total. The Bertz CT molecular complexity index is 2270. The summed E-state index contributed by atoms with van der Waals surface area (Å²) in [6.07, 6.45) is 3.88. The summed E-state index contributed by atoms with van der Waals surface area (Å²) in [6.45, 7) is 0. The summed E-state index contributed by atoms with van der Waals surface area (Å²) in [4.78, 5) is 6.89. The smallest absolute Gasteiger partial charge is 0.0640 e. The molecule has 0 saturated heterocycles. The van der Waals surface area contributed by atoms with Crippen LogP contribution in [0.25, 0.3) is 64.3 Å². The van der Waals surface area contributed by atoms with Crippen molar-refractivity contribution in [3.05, 3.63) is 146 Å². The zero-order chi connectivity index (χ0) is 27.6. The first-order valence-electron chi connectivity index (χ1n) is 14.2. The maximum atomic E-state index is 4.44. The number of aromatic nitrogens is 1. The summed E-state index contributed by atoms with van der Waals surface area (Å²) < 4.78 is 2.52. The number of benzene rings is 6. The van der Waals surface area contributed by atoms with Crippen LogP contribution in [-0.2, 0) is 0 Å². The van der Waals surface area contributed by atoms with Crippen LogP contribution in [0.5, 0.6) is 0 Å². The number of pyridine rings is 1. The number of hydrogen-bond acceptors (Lipinski definition) is 3. The van der Waals surface area contributed by atoms with Crippen molar-refractivity contribution >= 4 is 59.3 Å². The van der Waals surface area contributed by atoms with E-state index in [4.69, 9.17) is 0 Å². The minimum Gasteiger partial charge on any atom is -0.308 e. The van der Waals surface area contributed by atoms with Crippen LogP contribution in [0.2, 0.25) is 0 Å². The molecule has 0 fully saturated rings. The number of anilines is 3. The third-order valence-electron chi connectivity index (χ3n) is 8.52. The second kappa shape index (κ2) is 9.13. The van der Waals surface area contributed by atoms with Crippen LogP contribution in [0.1, 0.15) is 0 Å². The standard InChI is InChI=1S/C39H24N2S/c1-2-8-25(9-3-1)26-16-18-27(19-17-26)41(36-15-7-13-32-34-24-40-23-22-37(34)42-39(32)36)35-21-20-31-29-11-5-4-10-28(29)30-12-6-14-33(35)38(30)31/h1-24H. The molecule has 1 aliphatic rings. The largest absolute Gasteiger partial charge is 0.308 e. The van der Waals surface area contributed by atoms with Gasteiger partial charge in [0.1, 0.15) is 0 Å². The third kappa shape index (κ3) is 3.41. The van der Waals surface area contributed by atoms with Gasteiger partial charge in [0.2, 0.25) is 0 Å². The number of rotatable bonds is 4. The maximum Gasteiger partial charge on any atom is 0.0640 e. The molecule has 0 radical (unpaired) electrons. The fourth-order valence-corrected chi connectivity index (χ4v) is 7.81. The molecule has 0 bridgehead atoms. The summed E-state index contributed by atoms with van der Waals surface area (Å²) in [7, 11) is 0. The molecule has 0 saturated carbocycles. The SMILES string of the molecule is c1ccc(-c2ccc(N(c3ccc4c5c(cccc35)-c3ccccc3-4)c3cccc4c3sc3ccncc34)cc2)cc1. The Labute approximate surface area is 247 Å². The lowest BCUT2D eigenvalue weighted by molar-refractivity contribution is 1.32. The van der Waals surface area contributed by atoms with E-state index >= 15 is 0 Å². The molecule has 9 rings (SSSR count). The molecular weight excluding hydrogens is 529 g/mol. The Balaban J connectivity index is 1.32. The zero-order valence-corrected chi connectivity index (χ0v) is 23.5. The van der Waals surface area contributed by atoms with Crippen molar-refractivity contribution in [2.45, 2.75) is 0 Å². The quantitative estimate of drug-likeness (QED) is 0.216. The number of hydrogen-bond donors (Lipinski definition) is 0. The van der Waals surface area contributed by atoms with Gasteiger partial charge in [0, 0.05) is 38.9 Å². The molecule has 8 aromatic rings. The molecular formula is C39H24N2S. The van der Waals surface area contributed by atoms with Crippen LogP contribution in [0.15, 0.2) is 146 Å². The fraction of sp³-hybridized carbons (Fsp3) is 0. The van der Waals surface area contributed by atoms with Gasteiger partial charge in [-0.1, -0.05) is 103 Å². The van der Waals surface area contributed by atoms with Gasteiger partial charge in [-0.2, -0.15) is 0 Å². The van der Waals surface area contributed by atoms with E-state index in [0.29, 0.717) is 0 Å². The van der Waals surface area contributed by atoms with Gasteiger partial charge in [0.25, 0.3) is 0 Å². The molecule has 6 aromatic carbocycles. The maximum absolute atomic E-state index is 4.44. The summed E-state index contributed by atoms with van der Waals surface area (Å²) in [5, 5.41) is 5.03. The monoisotopic (exact) mass is 552 g/mol. The van der Waals surface area contributed by atoms with Crippen LogP contribution in [0.4, 0.5) is 17.1 Å². The average Bonchev–Trinajstić information content (AvgIpc) is 3.60. The molecule has 0 atom stereocenters. The predicted molar refractivity (Wildman–Crippen MR) is 179 cm³/mol. The van der Waals surface area contributed by atoms with Crippen molar-refractivity contribution in [2.75, 3.05) is 4.90 Å². The molecule has 0 amide bonds. The zero-order valence-electron chi connectivity index (χ0n) is 22.7. The molecule has 196 valence electrons. The first-order chi connectivity index (χ1) is 20.8. The Kier molecular flexibility index (Phi) is 5.10. The van der Waals surface area contributed by atoms with Crippen molar-refractivity contribution in [3.63, 3.8) is 0 Å². The van der Waals surface area contributed by atoms with Gasteiger partial charge in [-0.25, -0.2) is 0 Å². The van der Waals surface area contributed by atoms with Crippen molar-refractivity contribution in [1.82, 2.24) is 4.98 Å². The minimum atomic E-state index is 1.13. The van der Waals surface area contributed by atoms with Crippen LogP contribution >= 0.6 is 11.3 Å². The highest BCUT2D eigenvalue weighted by molar-refractivity contribution is 7.26. The molecule has 2 heterocycles. The molecule has 0 spiro atoms. The molecule has 42 heavy (non-hydrogen) atoms. The van der Waals surface area contributed by atoms with Gasteiger partial charge in [-0.15, -0.1) is 11.3 Å². The average molecular weight is 553 g/mol. The van der Waals surface area contributed by atoms with E-state index in [9.17, 15) is 0 Å². The van der Waals surface area contributed by atoms with Gasteiger partial charge in [-0.05, 0) is 69.1 Å². The third-order valence-corrected chi connectivity index (χ3v) is 9.73. The number of nitrogens with zero attached hydrogens (tertiary/aromatic N) is 2. The van der Waals surface area contributed by atoms with Crippen LogP contribution in [-0.4, -0.2) is 4.98 Å². The molecule has 0 aliphatic heterocycles. The van der Waals surface area contributed by atoms with Crippen molar-refractivity contribution < 1.29 is 0 Å². The molecule has 2 aromatic heterocycles. The van der Waals surface area contributed by atoms with Crippen LogP contribution < -0.4 is 4.90 Å². The second-order valence-corrected chi connectivity index (χ2v) is 11.8. The summed E-state index contributed by atoms with van der Waals surface area (Å²) in [5.41, 5.74) is 11.2. The van der Waals surface area contributed by atoms with Crippen molar-refractivity contribution in [3.8, 4) is 33.4 Å². The van der Waals surface area contributed by atoms with Crippen molar-refractivity contribution in [2.24, 2.45) is 0 Å². The molecule has 1 aliphatic carbocycles. The Hall–Kier alpha value is -5.25. The summed E-state index contributed by atoms with van der Waals surface area (Å²) in [6, 6.07) is 48.5. The van der Waals surface area contributed by atoms with Crippen molar-refractivity contribution in [1.29, 1.82) is 0 Å². The lowest BCUT2D eigenvalue weighted by Gasteiger charge is -2.28. The second-order valence-electron chi connectivity index (χ2n) is 10.8. The number of thiophene rings is 1. The predicted octanol–water partition coefficient (Wildman–Crippen LogP) is 11.4. The van der Waals surface area contributed by atoms with E-state index in [1.807, 2.05) is 23.7 Å². The Morgan fingerprint density at radius 2 is 1.17 bits per heavy atom. The van der Waals surface area contributed by atoms with E-state index in [2.05, 4.69) is 143 Å². The van der Waals surface area contributed by atoms with Gasteiger partial charge >= 0.3 is 0 Å².